The Morgan fingerprint density at radius 3 is 2.62 bits per heavy atom. The normalized spacial score (nSPS) is 23.3. The van der Waals surface area contributed by atoms with Gasteiger partial charge in [0, 0.05) is 51.4 Å². The monoisotopic (exact) mass is 289 g/mol. The van der Waals surface area contributed by atoms with E-state index in [0.717, 1.165) is 50.5 Å². The van der Waals surface area contributed by atoms with Crippen molar-refractivity contribution in [2.45, 2.75) is 12.5 Å². The number of likely N-dealkylation sites (N-methyl/N-ethyl adjacent to an activating group) is 1. The van der Waals surface area contributed by atoms with Crippen molar-refractivity contribution in [2.75, 3.05) is 51.2 Å². The SMILES string of the molecule is CN1CCN(CCN2c3ccccc3CC2C(=O)O)CC1. The second kappa shape index (κ2) is 6.03. The van der Waals surface area contributed by atoms with Gasteiger partial charge in [0.2, 0.25) is 0 Å². The predicted molar refractivity (Wildman–Crippen MR) is 82.9 cm³/mol. The fourth-order valence-corrected chi connectivity index (χ4v) is 3.27. The van der Waals surface area contributed by atoms with Gasteiger partial charge in [0.1, 0.15) is 6.04 Å². The van der Waals surface area contributed by atoms with Crippen molar-refractivity contribution >= 4 is 11.7 Å². The first-order valence-corrected chi connectivity index (χ1v) is 7.63. The van der Waals surface area contributed by atoms with E-state index in [4.69, 9.17) is 0 Å². The zero-order valence-electron chi connectivity index (χ0n) is 12.5. The molecule has 2 aliphatic rings. The lowest BCUT2D eigenvalue weighted by atomic mass is 10.1. The summed E-state index contributed by atoms with van der Waals surface area (Å²) < 4.78 is 0. The fraction of sp³-hybridized carbons (Fsp3) is 0.562. The van der Waals surface area contributed by atoms with Crippen LogP contribution in [0.5, 0.6) is 0 Å². The van der Waals surface area contributed by atoms with Crippen molar-refractivity contribution < 1.29 is 9.90 Å². The standard InChI is InChI=1S/C16H23N3O2/c1-17-6-8-18(9-7-17)10-11-19-14-5-3-2-4-13(14)12-15(19)16(20)21/h2-5,15H,6-12H2,1H3,(H,20,21). The fourth-order valence-electron chi connectivity index (χ4n) is 3.27. The average molecular weight is 289 g/mol. The number of rotatable bonds is 4. The number of aliphatic carboxylic acids is 1. The van der Waals surface area contributed by atoms with Crippen LogP contribution in [0.4, 0.5) is 5.69 Å². The number of para-hydroxylation sites is 1. The lowest BCUT2D eigenvalue weighted by Gasteiger charge is -2.34. The van der Waals surface area contributed by atoms with E-state index in [1.807, 2.05) is 24.3 Å². The molecule has 1 aromatic carbocycles. The van der Waals surface area contributed by atoms with Crippen molar-refractivity contribution in [1.82, 2.24) is 9.80 Å². The van der Waals surface area contributed by atoms with Crippen molar-refractivity contribution in [3.8, 4) is 0 Å². The van der Waals surface area contributed by atoms with Gasteiger partial charge in [-0.15, -0.1) is 0 Å². The van der Waals surface area contributed by atoms with Crippen molar-refractivity contribution in [3.05, 3.63) is 29.8 Å². The van der Waals surface area contributed by atoms with Crippen LogP contribution in [0.2, 0.25) is 0 Å². The summed E-state index contributed by atoms with van der Waals surface area (Å²) in [4.78, 5) is 18.3. The van der Waals surface area contributed by atoms with Gasteiger partial charge in [0.15, 0.2) is 0 Å². The Morgan fingerprint density at radius 2 is 1.90 bits per heavy atom. The van der Waals surface area contributed by atoms with Crippen molar-refractivity contribution in [2.24, 2.45) is 0 Å². The molecule has 5 nitrogen and oxygen atoms in total. The topological polar surface area (TPSA) is 47.0 Å². The van der Waals surface area contributed by atoms with Crippen LogP contribution in [0.3, 0.4) is 0 Å². The summed E-state index contributed by atoms with van der Waals surface area (Å²) in [5, 5.41) is 9.47. The molecule has 1 unspecified atom stereocenters. The van der Waals surface area contributed by atoms with E-state index < -0.39 is 12.0 Å². The second-order valence-electron chi connectivity index (χ2n) is 6.03. The van der Waals surface area contributed by atoms with Gasteiger partial charge in [0.25, 0.3) is 0 Å². The van der Waals surface area contributed by atoms with Gasteiger partial charge in [-0.2, -0.15) is 0 Å². The summed E-state index contributed by atoms with van der Waals surface area (Å²) >= 11 is 0. The molecule has 0 bridgehead atoms. The molecular formula is C16H23N3O2. The lowest BCUT2D eigenvalue weighted by molar-refractivity contribution is -0.138. The van der Waals surface area contributed by atoms with Gasteiger partial charge >= 0.3 is 5.97 Å². The minimum atomic E-state index is -0.718. The van der Waals surface area contributed by atoms with E-state index in [0.29, 0.717) is 6.42 Å². The molecule has 1 fully saturated rings. The van der Waals surface area contributed by atoms with E-state index >= 15 is 0 Å². The molecule has 1 atom stereocenters. The van der Waals surface area contributed by atoms with Crippen LogP contribution in [-0.2, 0) is 11.2 Å². The first-order valence-electron chi connectivity index (χ1n) is 7.63. The quantitative estimate of drug-likeness (QED) is 0.886. The summed E-state index contributed by atoms with van der Waals surface area (Å²) in [5.74, 6) is -0.718. The van der Waals surface area contributed by atoms with Gasteiger partial charge in [-0.05, 0) is 18.7 Å². The van der Waals surface area contributed by atoms with Crippen LogP contribution in [0.25, 0.3) is 0 Å². The molecule has 1 aromatic rings. The molecule has 2 aliphatic heterocycles. The van der Waals surface area contributed by atoms with Gasteiger partial charge in [-0.25, -0.2) is 4.79 Å². The highest BCUT2D eigenvalue weighted by atomic mass is 16.4. The van der Waals surface area contributed by atoms with E-state index in [1.165, 1.54) is 0 Å². The molecule has 1 saturated heterocycles. The zero-order valence-corrected chi connectivity index (χ0v) is 12.5. The third-order valence-electron chi connectivity index (χ3n) is 4.63. The molecule has 0 radical (unpaired) electrons. The smallest absolute Gasteiger partial charge is 0.326 e. The number of nitrogens with zero attached hydrogens (tertiary/aromatic N) is 3. The Morgan fingerprint density at radius 1 is 1.19 bits per heavy atom. The molecule has 2 heterocycles. The largest absolute Gasteiger partial charge is 0.480 e. The van der Waals surface area contributed by atoms with Crippen molar-refractivity contribution in [1.29, 1.82) is 0 Å². The Hall–Kier alpha value is -1.59. The van der Waals surface area contributed by atoms with Gasteiger partial charge in [-0.3, -0.25) is 4.90 Å². The minimum Gasteiger partial charge on any atom is -0.480 e. The number of carbonyl (C=O) groups is 1. The molecule has 3 rings (SSSR count). The summed E-state index contributed by atoms with van der Waals surface area (Å²) in [6, 6.07) is 7.66. The second-order valence-corrected chi connectivity index (χ2v) is 6.03. The maximum Gasteiger partial charge on any atom is 0.326 e. The predicted octanol–water partition coefficient (Wildman–Crippen LogP) is 0.750. The van der Waals surface area contributed by atoms with E-state index in [9.17, 15) is 9.90 Å². The van der Waals surface area contributed by atoms with Crippen LogP contribution in [0.15, 0.2) is 24.3 Å². The summed E-state index contributed by atoms with van der Waals surface area (Å²) in [7, 11) is 2.15. The molecule has 5 heteroatoms. The van der Waals surface area contributed by atoms with Crippen molar-refractivity contribution in [3.63, 3.8) is 0 Å². The summed E-state index contributed by atoms with van der Waals surface area (Å²) in [6.45, 7) is 6.06. The number of benzene rings is 1. The van der Waals surface area contributed by atoms with Crippen LogP contribution < -0.4 is 4.90 Å². The number of hydrogen-bond acceptors (Lipinski definition) is 4. The van der Waals surface area contributed by atoms with Crippen LogP contribution in [0, 0.1) is 0 Å². The molecular weight excluding hydrogens is 266 g/mol. The highest BCUT2D eigenvalue weighted by Gasteiger charge is 2.34. The van der Waals surface area contributed by atoms with E-state index in [1.54, 1.807) is 0 Å². The first kappa shape index (κ1) is 14.4. The van der Waals surface area contributed by atoms with Gasteiger partial charge < -0.3 is 14.9 Å². The Labute approximate surface area is 125 Å². The molecule has 0 saturated carbocycles. The number of hydrogen-bond donors (Lipinski definition) is 1. The maximum absolute atomic E-state index is 11.5. The third-order valence-corrected chi connectivity index (χ3v) is 4.63. The number of anilines is 1. The molecule has 0 amide bonds. The zero-order chi connectivity index (χ0) is 14.8. The highest BCUT2D eigenvalue weighted by Crippen LogP contribution is 2.31. The van der Waals surface area contributed by atoms with Crippen LogP contribution in [0.1, 0.15) is 5.56 Å². The molecule has 21 heavy (non-hydrogen) atoms. The highest BCUT2D eigenvalue weighted by molar-refractivity contribution is 5.82. The number of carboxylic acids is 1. The van der Waals surface area contributed by atoms with Gasteiger partial charge in [0.05, 0.1) is 0 Å². The van der Waals surface area contributed by atoms with Crippen LogP contribution in [-0.4, -0.2) is 73.2 Å². The molecule has 0 spiro atoms. The lowest BCUT2D eigenvalue weighted by Crippen LogP contribution is -2.48. The Kier molecular flexibility index (Phi) is 4.12. The summed E-state index contributed by atoms with van der Waals surface area (Å²) in [6.07, 6.45) is 0.619. The molecule has 1 N–H and O–H groups in total. The Bertz CT molecular complexity index is 512. The summed E-state index contributed by atoms with van der Waals surface area (Å²) in [5.41, 5.74) is 2.25. The first-order chi connectivity index (χ1) is 10.1. The number of piperazine rings is 1. The molecule has 0 aromatic heterocycles. The molecule has 0 aliphatic carbocycles. The number of carboxylic acid groups (broad SMARTS) is 1. The molecule has 114 valence electrons. The van der Waals surface area contributed by atoms with Crippen LogP contribution >= 0.6 is 0 Å². The van der Waals surface area contributed by atoms with Gasteiger partial charge in [-0.1, -0.05) is 18.2 Å². The van der Waals surface area contributed by atoms with E-state index in [-0.39, 0.29) is 0 Å². The average Bonchev–Trinajstić information content (AvgIpc) is 2.86. The Balaban J connectivity index is 1.66. The van der Waals surface area contributed by atoms with E-state index in [2.05, 4.69) is 21.7 Å². The third kappa shape index (κ3) is 3.04. The minimum absolute atomic E-state index is 0.408. The maximum atomic E-state index is 11.5. The number of fused-ring (bicyclic) bond motifs is 1.